The van der Waals surface area contributed by atoms with Crippen molar-refractivity contribution in [2.45, 2.75) is 0 Å². The Labute approximate surface area is 54.2 Å². The molecule has 1 aromatic rings. The van der Waals surface area contributed by atoms with E-state index in [9.17, 15) is 0 Å². The predicted octanol–water partition coefficient (Wildman–Crippen LogP) is 1.41. The van der Waals surface area contributed by atoms with Crippen LogP contribution in [0.4, 0.5) is 0 Å². The fourth-order valence-electron chi connectivity index (χ4n) is 0.600. The summed E-state index contributed by atoms with van der Waals surface area (Å²) in [6, 6.07) is 9.44. The van der Waals surface area contributed by atoms with E-state index in [1.54, 1.807) is 0 Å². The molecule has 0 aromatic heterocycles. The fourth-order valence-corrected chi connectivity index (χ4v) is 0.600. The van der Waals surface area contributed by atoms with E-state index in [0.29, 0.717) is 0 Å². The van der Waals surface area contributed by atoms with Gasteiger partial charge in [-0.05, 0) is 5.56 Å². The second-order valence-corrected chi connectivity index (χ2v) is 1.65. The third kappa shape index (κ3) is 1.83. The average molecular weight is 121 g/mol. The summed E-state index contributed by atoms with van der Waals surface area (Å²) in [5.41, 5.74) is 0.910. The maximum atomic E-state index is 6.38. The summed E-state index contributed by atoms with van der Waals surface area (Å²) >= 11 is 0. The molecule has 1 aromatic carbocycles. The molecule has 0 heterocycles. The van der Waals surface area contributed by atoms with E-state index < -0.39 is 0 Å². The zero-order chi connectivity index (χ0) is 6.53. The molecule has 0 bridgehead atoms. The Hall–Kier alpha value is -0.860. The van der Waals surface area contributed by atoms with Crippen LogP contribution in [0.25, 0.3) is 0 Å². The fraction of sp³-hybridized carbons (Fsp3) is 0. The molecule has 1 rings (SSSR count). The van der Waals surface area contributed by atoms with Gasteiger partial charge in [0.1, 0.15) is 6.61 Å². The molecule has 0 amide bonds. The monoisotopic (exact) mass is 121 g/mol. The van der Waals surface area contributed by atoms with Crippen LogP contribution in [0.3, 0.4) is 0 Å². The van der Waals surface area contributed by atoms with Gasteiger partial charge in [-0.2, -0.15) is 0 Å². The molecule has 0 aliphatic heterocycles. The van der Waals surface area contributed by atoms with Crippen LogP contribution >= 0.6 is 0 Å². The molecule has 2 nitrogen and oxygen atoms in total. The van der Waals surface area contributed by atoms with Crippen molar-refractivity contribution in [3.05, 3.63) is 42.5 Å². The van der Waals surface area contributed by atoms with Crippen molar-refractivity contribution in [3.63, 3.8) is 0 Å². The van der Waals surface area contributed by atoms with Crippen LogP contribution in [0.2, 0.25) is 0 Å². The average Bonchev–Trinajstić information content (AvgIpc) is 1.91. The van der Waals surface area contributed by atoms with E-state index in [-0.39, 0.29) is 0 Å². The number of hydrogen-bond donors (Lipinski definition) is 0. The van der Waals surface area contributed by atoms with E-state index >= 15 is 0 Å². The topological polar surface area (TPSA) is 33.0 Å². The molecule has 46 valence electrons. The Morgan fingerprint density at radius 1 is 1.22 bits per heavy atom. The van der Waals surface area contributed by atoms with Crippen LogP contribution in [0.15, 0.2) is 30.3 Å². The van der Waals surface area contributed by atoms with Crippen molar-refractivity contribution in [2.75, 3.05) is 0 Å². The molecule has 0 unspecified atom stereocenters. The van der Waals surface area contributed by atoms with Crippen LogP contribution in [0.1, 0.15) is 5.56 Å². The minimum Gasteiger partial charge on any atom is -0.274 e. The SMILES string of the molecule is [NH]O[CH]c1ccccc1. The predicted molar refractivity (Wildman–Crippen MR) is 34.0 cm³/mol. The third-order valence-corrected chi connectivity index (χ3v) is 0.995. The molecule has 0 saturated carbocycles. The zero-order valence-corrected chi connectivity index (χ0v) is 4.87. The maximum Gasteiger partial charge on any atom is 0.138 e. The Morgan fingerprint density at radius 3 is 2.44 bits per heavy atom. The number of benzene rings is 1. The van der Waals surface area contributed by atoms with Crippen molar-refractivity contribution >= 4 is 0 Å². The van der Waals surface area contributed by atoms with E-state index in [4.69, 9.17) is 5.90 Å². The normalized spacial score (nSPS) is 9.44. The highest BCUT2D eigenvalue weighted by Crippen LogP contribution is 1.99. The molecule has 0 aliphatic rings. The minimum absolute atomic E-state index is 0.910. The van der Waals surface area contributed by atoms with Gasteiger partial charge in [-0.1, -0.05) is 30.3 Å². The van der Waals surface area contributed by atoms with Crippen LogP contribution in [-0.4, -0.2) is 0 Å². The van der Waals surface area contributed by atoms with Gasteiger partial charge in [-0.3, -0.25) is 4.84 Å². The molecular formula is C7H7NO. The zero-order valence-electron chi connectivity index (χ0n) is 4.87. The summed E-state index contributed by atoms with van der Waals surface area (Å²) in [5, 5.41) is 0. The summed E-state index contributed by atoms with van der Waals surface area (Å²) in [5.74, 6) is 6.38. The lowest BCUT2D eigenvalue weighted by molar-refractivity contribution is 0.198. The third-order valence-electron chi connectivity index (χ3n) is 0.995. The van der Waals surface area contributed by atoms with Gasteiger partial charge < -0.3 is 0 Å². The lowest BCUT2D eigenvalue weighted by atomic mass is 10.2. The first-order valence-electron chi connectivity index (χ1n) is 2.64. The van der Waals surface area contributed by atoms with Crippen molar-refractivity contribution < 1.29 is 4.84 Å². The molecule has 0 aliphatic carbocycles. The highest BCUT2D eigenvalue weighted by atomic mass is 16.6. The van der Waals surface area contributed by atoms with E-state index in [2.05, 4.69) is 4.84 Å². The Kier molecular flexibility index (Phi) is 2.24. The molecular weight excluding hydrogens is 114 g/mol. The van der Waals surface area contributed by atoms with Gasteiger partial charge >= 0.3 is 0 Å². The molecule has 0 atom stereocenters. The lowest BCUT2D eigenvalue weighted by Crippen LogP contribution is -1.83. The standard InChI is InChI=1S/C7H7NO/c8-9-6-7-4-2-1-3-5-7/h1-6,8H. The van der Waals surface area contributed by atoms with Crippen LogP contribution < -0.4 is 5.90 Å². The van der Waals surface area contributed by atoms with Gasteiger partial charge in [0, 0.05) is 0 Å². The first kappa shape index (κ1) is 6.26. The van der Waals surface area contributed by atoms with Crippen molar-refractivity contribution in [2.24, 2.45) is 0 Å². The highest BCUT2D eigenvalue weighted by Gasteiger charge is 1.86. The Morgan fingerprint density at radius 2 is 1.89 bits per heavy atom. The summed E-state index contributed by atoms with van der Waals surface area (Å²) in [6.45, 7) is 1.38. The number of rotatable bonds is 2. The van der Waals surface area contributed by atoms with Gasteiger partial charge in [-0.15, -0.1) is 5.90 Å². The van der Waals surface area contributed by atoms with Gasteiger partial charge in [0.15, 0.2) is 0 Å². The molecule has 1 N–H and O–H groups in total. The van der Waals surface area contributed by atoms with Gasteiger partial charge in [-0.25, -0.2) is 0 Å². The smallest absolute Gasteiger partial charge is 0.138 e. The van der Waals surface area contributed by atoms with Crippen LogP contribution in [0.5, 0.6) is 0 Å². The van der Waals surface area contributed by atoms with E-state index in [1.807, 2.05) is 30.3 Å². The van der Waals surface area contributed by atoms with Gasteiger partial charge in [0.25, 0.3) is 0 Å². The second kappa shape index (κ2) is 3.22. The minimum atomic E-state index is 0.910. The quantitative estimate of drug-likeness (QED) is 0.544. The first-order valence-corrected chi connectivity index (χ1v) is 2.64. The van der Waals surface area contributed by atoms with Crippen molar-refractivity contribution in [3.8, 4) is 0 Å². The second-order valence-electron chi connectivity index (χ2n) is 1.65. The number of hydrogen-bond acceptors (Lipinski definition) is 1. The summed E-state index contributed by atoms with van der Waals surface area (Å²) in [7, 11) is 0. The first-order chi connectivity index (χ1) is 4.43. The summed E-state index contributed by atoms with van der Waals surface area (Å²) in [4.78, 5) is 4.05. The molecule has 2 heteroatoms. The van der Waals surface area contributed by atoms with E-state index in [0.717, 1.165) is 5.56 Å². The highest BCUT2D eigenvalue weighted by molar-refractivity contribution is 5.19. The summed E-state index contributed by atoms with van der Waals surface area (Å²) in [6.07, 6.45) is 0. The molecule has 0 saturated heterocycles. The summed E-state index contributed by atoms with van der Waals surface area (Å²) < 4.78 is 0. The van der Waals surface area contributed by atoms with Crippen LogP contribution in [-0.2, 0) is 4.84 Å². The number of nitrogens with one attached hydrogen (secondary N) is 1. The van der Waals surface area contributed by atoms with Gasteiger partial charge in [0.05, 0.1) is 0 Å². The van der Waals surface area contributed by atoms with Crippen molar-refractivity contribution in [1.82, 2.24) is 5.90 Å². The Balaban J connectivity index is 2.61. The van der Waals surface area contributed by atoms with Crippen molar-refractivity contribution in [1.29, 1.82) is 0 Å². The molecule has 9 heavy (non-hydrogen) atoms. The molecule has 0 spiro atoms. The molecule has 2 radical (unpaired) electrons. The van der Waals surface area contributed by atoms with E-state index in [1.165, 1.54) is 6.61 Å². The largest absolute Gasteiger partial charge is 0.274 e. The van der Waals surface area contributed by atoms with Gasteiger partial charge in [0.2, 0.25) is 0 Å². The Bertz CT molecular complexity index is 162. The molecule has 0 fully saturated rings. The maximum absolute atomic E-state index is 6.38. The van der Waals surface area contributed by atoms with Crippen LogP contribution in [0, 0.1) is 6.61 Å². The lowest BCUT2D eigenvalue weighted by Gasteiger charge is -1.92.